The topological polar surface area (TPSA) is 36.4 Å². The van der Waals surface area contributed by atoms with E-state index in [2.05, 4.69) is 9.88 Å². The molecule has 0 bridgehead atoms. The molecule has 0 spiro atoms. The zero-order valence-electron chi connectivity index (χ0n) is 14.8. The number of rotatable bonds is 4. The molecule has 2 heterocycles. The summed E-state index contributed by atoms with van der Waals surface area (Å²) in [6.07, 6.45) is -3.61. The largest absolute Gasteiger partial charge is 0.417 e. The highest BCUT2D eigenvalue weighted by atomic mass is 32.2. The second-order valence-corrected chi connectivity index (χ2v) is 7.44. The maximum absolute atomic E-state index is 12.8. The molecule has 1 fully saturated rings. The van der Waals surface area contributed by atoms with Crippen molar-refractivity contribution in [3.63, 3.8) is 0 Å². The van der Waals surface area contributed by atoms with Crippen LogP contribution in [0.15, 0.2) is 53.7 Å². The number of likely N-dealkylation sites (N-methyl/N-ethyl adjacent to an activating group) is 1. The molecule has 1 saturated heterocycles. The molecular weight excluding hydrogens is 375 g/mol. The van der Waals surface area contributed by atoms with Gasteiger partial charge in [-0.15, -0.1) is 0 Å². The molecule has 1 aromatic heterocycles. The van der Waals surface area contributed by atoms with Crippen molar-refractivity contribution in [3.05, 3.63) is 59.8 Å². The third kappa shape index (κ3) is 5.01. The number of nitrogens with zero attached hydrogens (tertiary/aromatic N) is 3. The van der Waals surface area contributed by atoms with E-state index in [1.807, 2.05) is 42.3 Å². The second kappa shape index (κ2) is 8.31. The van der Waals surface area contributed by atoms with Crippen LogP contribution in [0, 0.1) is 0 Å². The number of carbonyl (C=O) groups is 1. The van der Waals surface area contributed by atoms with Gasteiger partial charge in [0.25, 0.3) is 0 Å². The Morgan fingerprint density at radius 3 is 2.56 bits per heavy atom. The average molecular weight is 395 g/mol. The lowest BCUT2D eigenvalue weighted by molar-refractivity contribution is -0.138. The molecule has 1 amide bonds. The van der Waals surface area contributed by atoms with Crippen molar-refractivity contribution < 1.29 is 18.0 Å². The highest BCUT2D eigenvalue weighted by Crippen LogP contribution is 2.30. The molecule has 0 saturated carbocycles. The number of pyridine rings is 1. The fourth-order valence-electron chi connectivity index (χ4n) is 3.03. The number of amides is 1. The van der Waals surface area contributed by atoms with Gasteiger partial charge in [-0.1, -0.05) is 42.1 Å². The summed E-state index contributed by atoms with van der Waals surface area (Å²) in [7, 11) is 2.03. The minimum absolute atomic E-state index is 0.0291. The van der Waals surface area contributed by atoms with E-state index in [0.29, 0.717) is 11.6 Å². The van der Waals surface area contributed by atoms with Crippen molar-refractivity contribution in [3.8, 4) is 0 Å². The fraction of sp³-hybridized carbons (Fsp3) is 0.368. The monoisotopic (exact) mass is 395 g/mol. The van der Waals surface area contributed by atoms with Crippen LogP contribution in [0.25, 0.3) is 0 Å². The van der Waals surface area contributed by atoms with Crippen LogP contribution in [0.4, 0.5) is 13.2 Å². The number of benzene rings is 1. The first-order valence-corrected chi connectivity index (χ1v) is 9.52. The van der Waals surface area contributed by atoms with Crippen molar-refractivity contribution in [2.45, 2.75) is 17.2 Å². The smallest absolute Gasteiger partial charge is 0.332 e. The van der Waals surface area contributed by atoms with E-state index >= 15 is 0 Å². The van der Waals surface area contributed by atoms with Gasteiger partial charge < -0.3 is 9.80 Å². The third-order valence-corrected chi connectivity index (χ3v) is 5.42. The molecule has 1 aliphatic heterocycles. The minimum Gasteiger partial charge on any atom is -0.332 e. The van der Waals surface area contributed by atoms with Crippen LogP contribution in [0.5, 0.6) is 0 Å². The molecule has 1 unspecified atom stereocenters. The van der Waals surface area contributed by atoms with Crippen LogP contribution < -0.4 is 0 Å². The number of alkyl halides is 3. The number of hydrogen-bond donors (Lipinski definition) is 0. The molecule has 3 rings (SSSR count). The first-order chi connectivity index (χ1) is 12.8. The molecule has 1 aliphatic rings. The summed E-state index contributed by atoms with van der Waals surface area (Å²) in [4.78, 5) is 20.6. The Kier molecular flexibility index (Phi) is 6.06. The Morgan fingerprint density at radius 1 is 1.19 bits per heavy atom. The van der Waals surface area contributed by atoms with Gasteiger partial charge in [-0.3, -0.25) is 4.79 Å². The zero-order chi connectivity index (χ0) is 19.4. The maximum atomic E-state index is 12.8. The molecule has 2 aromatic rings. The Labute approximate surface area is 160 Å². The molecule has 0 N–H and O–H groups in total. The Bertz CT molecular complexity index is 768. The molecule has 144 valence electrons. The quantitative estimate of drug-likeness (QED) is 0.740. The molecule has 27 heavy (non-hydrogen) atoms. The number of aromatic nitrogens is 1. The third-order valence-electron chi connectivity index (χ3n) is 4.50. The lowest BCUT2D eigenvalue weighted by Crippen LogP contribution is -2.49. The van der Waals surface area contributed by atoms with E-state index in [-0.39, 0.29) is 17.7 Å². The molecule has 1 aromatic carbocycles. The number of thioether (sulfide) groups is 1. The van der Waals surface area contributed by atoms with E-state index in [4.69, 9.17) is 0 Å². The predicted octanol–water partition coefficient (Wildman–Crippen LogP) is 3.71. The summed E-state index contributed by atoms with van der Waals surface area (Å²) in [5, 5.41) is 0.404. The number of halogens is 3. The van der Waals surface area contributed by atoms with Gasteiger partial charge in [0.15, 0.2) is 0 Å². The van der Waals surface area contributed by atoms with Gasteiger partial charge >= 0.3 is 6.18 Å². The number of hydrogen-bond acceptors (Lipinski definition) is 4. The van der Waals surface area contributed by atoms with Crippen molar-refractivity contribution in [2.75, 3.05) is 32.4 Å². The van der Waals surface area contributed by atoms with Crippen molar-refractivity contribution >= 4 is 17.7 Å². The molecular formula is C19H20F3N3OS. The van der Waals surface area contributed by atoms with E-state index in [1.54, 1.807) is 0 Å². The van der Waals surface area contributed by atoms with Crippen LogP contribution in [-0.4, -0.2) is 53.1 Å². The van der Waals surface area contributed by atoms with Crippen molar-refractivity contribution in [1.29, 1.82) is 0 Å². The van der Waals surface area contributed by atoms with Gasteiger partial charge in [0.05, 0.1) is 22.4 Å². The van der Waals surface area contributed by atoms with Crippen LogP contribution in [0.1, 0.15) is 17.2 Å². The van der Waals surface area contributed by atoms with E-state index < -0.39 is 11.7 Å². The van der Waals surface area contributed by atoms with E-state index in [1.165, 1.54) is 6.07 Å². The molecule has 8 heteroatoms. The predicted molar refractivity (Wildman–Crippen MR) is 98.4 cm³/mol. The molecule has 4 nitrogen and oxygen atoms in total. The highest BCUT2D eigenvalue weighted by Gasteiger charge is 2.31. The van der Waals surface area contributed by atoms with Gasteiger partial charge in [0.1, 0.15) is 0 Å². The summed E-state index contributed by atoms with van der Waals surface area (Å²) < 4.78 is 37.8. The highest BCUT2D eigenvalue weighted by molar-refractivity contribution is 7.99. The normalized spacial score (nSPS) is 18.5. The van der Waals surface area contributed by atoms with Gasteiger partial charge in [0, 0.05) is 25.8 Å². The maximum Gasteiger partial charge on any atom is 0.417 e. The fourth-order valence-corrected chi connectivity index (χ4v) is 3.76. The standard InChI is InChI=1S/C19H20F3N3OS/c1-24-9-10-25(16(12-24)14-5-3-2-4-6-14)18(26)13-27-17-8-7-15(11-23-17)19(20,21)22/h2-8,11,16H,9-10,12-13H2,1H3. The van der Waals surface area contributed by atoms with E-state index in [9.17, 15) is 18.0 Å². The first-order valence-electron chi connectivity index (χ1n) is 8.53. The molecule has 1 atom stereocenters. The van der Waals surface area contributed by atoms with Crippen LogP contribution in [-0.2, 0) is 11.0 Å². The van der Waals surface area contributed by atoms with Gasteiger partial charge in [-0.25, -0.2) is 4.98 Å². The summed E-state index contributed by atoms with van der Waals surface area (Å²) >= 11 is 1.16. The zero-order valence-corrected chi connectivity index (χ0v) is 15.6. The minimum atomic E-state index is -4.41. The Balaban J connectivity index is 1.65. The molecule has 0 radical (unpaired) electrons. The SMILES string of the molecule is CN1CCN(C(=O)CSc2ccc(C(F)(F)F)cn2)C(c2ccccc2)C1. The summed E-state index contributed by atoms with van der Waals surface area (Å²) in [5.41, 5.74) is 0.288. The summed E-state index contributed by atoms with van der Waals surface area (Å²) in [6, 6.07) is 12.1. The first kappa shape index (κ1) is 19.7. The summed E-state index contributed by atoms with van der Waals surface area (Å²) in [5.74, 6) is 0.106. The van der Waals surface area contributed by atoms with Crippen LogP contribution >= 0.6 is 11.8 Å². The van der Waals surface area contributed by atoms with Crippen LogP contribution in [0.2, 0.25) is 0 Å². The second-order valence-electron chi connectivity index (χ2n) is 6.45. The average Bonchev–Trinajstić information content (AvgIpc) is 2.66. The lowest BCUT2D eigenvalue weighted by Gasteiger charge is -2.40. The number of carbonyl (C=O) groups excluding carboxylic acids is 1. The van der Waals surface area contributed by atoms with E-state index in [0.717, 1.165) is 42.7 Å². The van der Waals surface area contributed by atoms with Gasteiger partial charge in [-0.05, 0) is 24.7 Å². The van der Waals surface area contributed by atoms with Crippen molar-refractivity contribution in [1.82, 2.24) is 14.8 Å². The lowest BCUT2D eigenvalue weighted by atomic mass is 10.0. The summed E-state index contributed by atoms with van der Waals surface area (Å²) in [6.45, 7) is 2.16. The van der Waals surface area contributed by atoms with Gasteiger partial charge in [0.2, 0.25) is 5.91 Å². The van der Waals surface area contributed by atoms with Crippen molar-refractivity contribution in [2.24, 2.45) is 0 Å². The molecule has 0 aliphatic carbocycles. The number of piperazine rings is 1. The Hall–Kier alpha value is -2.06. The van der Waals surface area contributed by atoms with Gasteiger partial charge in [-0.2, -0.15) is 13.2 Å². The Morgan fingerprint density at radius 2 is 1.93 bits per heavy atom. The van der Waals surface area contributed by atoms with Crippen LogP contribution in [0.3, 0.4) is 0 Å².